The second-order valence-electron chi connectivity index (χ2n) is 4.63. The minimum Gasteiger partial charge on any atom is -0.357 e. The summed E-state index contributed by atoms with van der Waals surface area (Å²) in [7, 11) is 0. The van der Waals surface area contributed by atoms with Gasteiger partial charge in [0, 0.05) is 19.6 Å². The molecule has 0 aromatic carbocycles. The highest BCUT2D eigenvalue weighted by atomic mass is 15.2. The van der Waals surface area contributed by atoms with E-state index in [0.29, 0.717) is 0 Å². The van der Waals surface area contributed by atoms with E-state index in [9.17, 15) is 0 Å². The van der Waals surface area contributed by atoms with Crippen LogP contribution in [0.2, 0.25) is 0 Å². The molecule has 4 nitrogen and oxygen atoms in total. The molecule has 0 unspecified atom stereocenters. The second kappa shape index (κ2) is 13.4. The average molecular weight is 268 g/mol. The number of guanidine groups is 1. The molecule has 0 fully saturated rings. The van der Waals surface area contributed by atoms with Gasteiger partial charge < -0.3 is 15.5 Å². The fraction of sp³-hybridized carbons (Fsp3) is 0.800. The zero-order valence-electron chi connectivity index (χ0n) is 13.0. The summed E-state index contributed by atoms with van der Waals surface area (Å²) in [5, 5.41) is 6.45. The maximum Gasteiger partial charge on any atom is 0.191 e. The number of rotatable bonds is 11. The van der Waals surface area contributed by atoms with Crippen LogP contribution in [-0.4, -0.2) is 50.1 Å². The summed E-state index contributed by atoms with van der Waals surface area (Å²) < 4.78 is 0. The molecular formula is C15H32N4. The van der Waals surface area contributed by atoms with Crippen LogP contribution >= 0.6 is 0 Å². The van der Waals surface area contributed by atoms with Gasteiger partial charge in [0.15, 0.2) is 5.96 Å². The van der Waals surface area contributed by atoms with Crippen molar-refractivity contribution in [2.45, 2.75) is 40.0 Å². The predicted octanol–water partition coefficient (Wildman–Crippen LogP) is 2.24. The third-order valence-corrected chi connectivity index (χ3v) is 2.74. The normalized spacial score (nSPS) is 11.7. The number of nitrogens with one attached hydrogen (secondary N) is 2. The molecule has 0 spiro atoms. The first-order valence-corrected chi connectivity index (χ1v) is 7.63. The summed E-state index contributed by atoms with van der Waals surface area (Å²) in [5.41, 5.74) is 0. The number of aliphatic imine (C=N–C) groups is 1. The first-order chi connectivity index (χ1) is 9.28. The molecule has 2 N–H and O–H groups in total. The number of hydrogen-bond acceptors (Lipinski definition) is 2. The monoisotopic (exact) mass is 268 g/mol. The van der Waals surface area contributed by atoms with E-state index in [1.807, 2.05) is 6.08 Å². The quantitative estimate of drug-likeness (QED) is 0.261. The highest BCUT2D eigenvalue weighted by Crippen LogP contribution is 1.96. The maximum atomic E-state index is 4.56. The van der Waals surface area contributed by atoms with Gasteiger partial charge in [-0.05, 0) is 45.8 Å². The molecule has 0 bridgehead atoms. The molecule has 0 aromatic rings. The van der Waals surface area contributed by atoms with Crippen molar-refractivity contribution in [1.82, 2.24) is 15.5 Å². The van der Waals surface area contributed by atoms with Crippen LogP contribution in [0.5, 0.6) is 0 Å². The highest BCUT2D eigenvalue weighted by molar-refractivity contribution is 5.79. The second-order valence-corrected chi connectivity index (χ2v) is 4.63. The molecule has 0 atom stereocenters. The van der Waals surface area contributed by atoms with Crippen molar-refractivity contribution in [1.29, 1.82) is 0 Å². The minimum atomic E-state index is 0.754. The summed E-state index contributed by atoms with van der Waals surface area (Å²) >= 11 is 0. The van der Waals surface area contributed by atoms with E-state index < -0.39 is 0 Å². The van der Waals surface area contributed by atoms with Crippen molar-refractivity contribution in [2.24, 2.45) is 4.99 Å². The van der Waals surface area contributed by atoms with E-state index >= 15 is 0 Å². The Bertz CT molecular complexity index is 232. The van der Waals surface area contributed by atoms with Crippen LogP contribution in [0.25, 0.3) is 0 Å². The molecule has 0 aromatic heterocycles. The van der Waals surface area contributed by atoms with Gasteiger partial charge >= 0.3 is 0 Å². The van der Waals surface area contributed by atoms with Crippen molar-refractivity contribution in [2.75, 3.05) is 39.3 Å². The largest absolute Gasteiger partial charge is 0.357 e. The van der Waals surface area contributed by atoms with E-state index in [4.69, 9.17) is 0 Å². The lowest BCUT2D eigenvalue weighted by atomic mass is 10.3. The maximum absolute atomic E-state index is 4.56. The molecule has 0 heterocycles. The van der Waals surface area contributed by atoms with Gasteiger partial charge in [0.25, 0.3) is 0 Å². The van der Waals surface area contributed by atoms with Crippen LogP contribution in [-0.2, 0) is 0 Å². The van der Waals surface area contributed by atoms with Crippen molar-refractivity contribution in [3.8, 4) is 0 Å². The first kappa shape index (κ1) is 18.0. The van der Waals surface area contributed by atoms with E-state index in [1.165, 1.54) is 25.9 Å². The third kappa shape index (κ3) is 10.6. The van der Waals surface area contributed by atoms with Crippen molar-refractivity contribution >= 4 is 5.96 Å². The van der Waals surface area contributed by atoms with E-state index in [0.717, 1.165) is 38.6 Å². The van der Waals surface area contributed by atoms with Gasteiger partial charge in [-0.3, -0.25) is 4.99 Å². The molecule has 0 radical (unpaired) electrons. The van der Waals surface area contributed by atoms with Crippen molar-refractivity contribution < 1.29 is 0 Å². The molecule has 0 saturated heterocycles. The minimum absolute atomic E-state index is 0.754. The van der Waals surface area contributed by atoms with Crippen LogP contribution in [0.15, 0.2) is 17.6 Å². The van der Waals surface area contributed by atoms with Crippen LogP contribution in [0.4, 0.5) is 0 Å². The molecule has 0 saturated carbocycles. The van der Waals surface area contributed by atoms with Crippen molar-refractivity contribution in [3.05, 3.63) is 12.7 Å². The summed E-state index contributed by atoms with van der Waals surface area (Å²) in [6.07, 6.45) is 5.42. The van der Waals surface area contributed by atoms with Gasteiger partial charge in [-0.15, -0.1) is 6.58 Å². The zero-order chi connectivity index (χ0) is 14.3. The van der Waals surface area contributed by atoms with E-state index in [2.05, 4.69) is 47.9 Å². The SMILES string of the molecule is C=CCNC(=NCCCN(CCC)CCC)NCC. The Morgan fingerprint density at radius 3 is 2.32 bits per heavy atom. The number of nitrogens with zero attached hydrogens (tertiary/aromatic N) is 2. The summed E-state index contributed by atoms with van der Waals surface area (Å²) in [6.45, 7) is 16.3. The topological polar surface area (TPSA) is 39.7 Å². The van der Waals surface area contributed by atoms with Crippen molar-refractivity contribution in [3.63, 3.8) is 0 Å². The molecular weight excluding hydrogens is 236 g/mol. The van der Waals surface area contributed by atoms with Gasteiger partial charge in [0.05, 0.1) is 0 Å². The Morgan fingerprint density at radius 2 is 1.79 bits per heavy atom. The lowest BCUT2D eigenvalue weighted by Crippen LogP contribution is -2.37. The Balaban J connectivity index is 3.95. The molecule has 0 rings (SSSR count). The zero-order valence-corrected chi connectivity index (χ0v) is 13.0. The Kier molecular flexibility index (Phi) is 12.7. The van der Waals surface area contributed by atoms with Gasteiger partial charge in [-0.1, -0.05) is 19.9 Å². The van der Waals surface area contributed by atoms with E-state index in [-0.39, 0.29) is 0 Å². The van der Waals surface area contributed by atoms with Crippen LogP contribution in [0, 0.1) is 0 Å². The third-order valence-electron chi connectivity index (χ3n) is 2.74. The Hall–Kier alpha value is -1.03. The predicted molar refractivity (Wildman–Crippen MR) is 85.8 cm³/mol. The standard InChI is InChI=1S/C15H32N4/c1-5-10-17-15(16-8-4)18-11-9-14-19(12-6-2)13-7-3/h5H,1,6-14H2,2-4H3,(H2,16,17,18). The molecule has 4 heteroatoms. The molecule has 0 aliphatic rings. The Morgan fingerprint density at radius 1 is 1.11 bits per heavy atom. The van der Waals surface area contributed by atoms with Gasteiger partial charge in [-0.25, -0.2) is 0 Å². The lowest BCUT2D eigenvalue weighted by molar-refractivity contribution is 0.273. The van der Waals surface area contributed by atoms with Gasteiger partial charge in [-0.2, -0.15) is 0 Å². The summed E-state index contributed by atoms with van der Waals surface area (Å²) in [5.74, 6) is 0.889. The molecule has 0 aliphatic carbocycles. The first-order valence-electron chi connectivity index (χ1n) is 7.63. The fourth-order valence-electron chi connectivity index (χ4n) is 1.96. The van der Waals surface area contributed by atoms with Crippen LogP contribution < -0.4 is 10.6 Å². The fourth-order valence-corrected chi connectivity index (χ4v) is 1.96. The lowest BCUT2D eigenvalue weighted by Gasteiger charge is -2.20. The van der Waals surface area contributed by atoms with Gasteiger partial charge in [0.2, 0.25) is 0 Å². The van der Waals surface area contributed by atoms with Gasteiger partial charge in [0.1, 0.15) is 0 Å². The molecule has 0 amide bonds. The average Bonchev–Trinajstić information content (AvgIpc) is 2.41. The summed E-state index contributed by atoms with van der Waals surface area (Å²) in [6, 6.07) is 0. The molecule has 112 valence electrons. The highest BCUT2D eigenvalue weighted by Gasteiger charge is 2.01. The smallest absolute Gasteiger partial charge is 0.191 e. The van der Waals surface area contributed by atoms with Crippen LogP contribution in [0.1, 0.15) is 40.0 Å². The number of hydrogen-bond donors (Lipinski definition) is 2. The Labute approximate surface area is 119 Å². The summed E-state index contributed by atoms with van der Waals surface area (Å²) in [4.78, 5) is 7.09. The molecule has 0 aliphatic heterocycles. The van der Waals surface area contributed by atoms with Crippen LogP contribution in [0.3, 0.4) is 0 Å². The molecule has 19 heavy (non-hydrogen) atoms. The van der Waals surface area contributed by atoms with E-state index in [1.54, 1.807) is 0 Å².